The van der Waals surface area contributed by atoms with Gasteiger partial charge in [-0.3, -0.25) is 14.4 Å². The van der Waals surface area contributed by atoms with Gasteiger partial charge in [-0.1, -0.05) is 23.0 Å². The van der Waals surface area contributed by atoms with Crippen LogP contribution >= 0.6 is 11.6 Å². The largest absolute Gasteiger partial charge is 0.481 e. The number of carbonyl (C=O) groups excluding carboxylic acids is 1. The molecule has 0 aliphatic heterocycles. The number of benzene rings is 1. The summed E-state index contributed by atoms with van der Waals surface area (Å²) in [6, 6.07) is 3.80. The minimum Gasteiger partial charge on any atom is -0.481 e. The van der Waals surface area contributed by atoms with E-state index in [4.69, 9.17) is 21.5 Å². The molecule has 128 valence electrons. The van der Waals surface area contributed by atoms with Gasteiger partial charge >= 0.3 is 5.97 Å². The number of nitrogens with zero attached hydrogens (tertiary/aromatic N) is 1. The monoisotopic (exact) mass is 363 g/mol. The maximum absolute atomic E-state index is 12.5. The van der Waals surface area contributed by atoms with E-state index in [9.17, 15) is 18.0 Å². The minimum absolute atomic E-state index is 0.0436. The number of sulfonamides is 1. The van der Waals surface area contributed by atoms with Gasteiger partial charge in [0.1, 0.15) is 4.90 Å². The quantitative estimate of drug-likeness (QED) is 0.533. The van der Waals surface area contributed by atoms with Crippen molar-refractivity contribution in [3.63, 3.8) is 0 Å². The first-order valence-electron chi connectivity index (χ1n) is 6.85. The number of halogens is 1. The van der Waals surface area contributed by atoms with Crippen LogP contribution in [0.25, 0.3) is 0 Å². The Hall–Kier alpha value is -1.48. The summed E-state index contributed by atoms with van der Waals surface area (Å²) in [4.78, 5) is 27.1. The molecule has 23 heavy (non-hydrogen) atoms. The smallest absolute Gasteiger partial charge is 0.303 e. The second-order valence-corrected chi connectivity index (χ2v) is 6.88. The molecule has 0 heterocycles. The van der Waals surface area contributed by atoms with Crippen LogP contribution in [-0.2, 0) is 19.7 Å². The van der Waals surface area contributed by atoms with Gasteiger partial charge in [-0.05, 0) is 24.6 Å². The van der Waals surface area contributed by atoms with Crippen LogP contribution in [0.1, 0.15) is 36.5 Å². The zero-order chi connectivity index (χ0) is 17.6. The van der Waals surface area contributed by atoms with E-state index in [1.807, 2.05) is 0 Å². The molecule has 0 radical (unpaired) electrons. The summed E-state index contributed by atoms with van der Waals surface area (Å²) in [5.74, 6) is -1.58. The molecule has 7 nitrogen and oxygen atoms in total. The van der Waals surface area contributed by atoms with Crippen LogP contribution in [0, 0.1) is 0 Å². The lowest BCUT2D eigenvalue weighted by Gasteiger charge is -2.19. The van der Waals surface area contributed by atoms with E-state index < -0.39 is 21.8 Å². The fourth-order valence-corrected chi connectivity index (χ4v) is 3.68. The number of hydrogen-bond acceptors (Lipinski definition) is 5. The Kier molecular flexibility index (Phi) is 7.14. The molecule has 1 rings (SSSR count). The first-order valence-corrected chi connectivity index (χ1v) is 8.67. The lowest BCUT2D eigenvalue weighted by Crippen LogP contribution is -2.31. The summed E-state index contributed by atoms with van der Waals surface area (Å²) in [5, 5.41) is 8.56. The molecule has 0 unspecified atom stereocenters. The molecule has 0 aliphatic carbocycles. The summed E-state index contributed by atoms with van der Waals surface area (Å²) in [6.45, 7) is 1.92. The maximum atomic E-state index is 12.5. The van der Waals surface area contributed by atoms with Gasteiger partial charge in [0.05, 0.1) is 18.6 Å². The third-order valence-corrected chi connectivity index (χ3v) is 5.18. The van der Waals surface area contributed by atoms with Gasteiger partial charge in [0.15, 0.2) is 5.78 Å². The predicted molar refractivity (Wildman–Crippen MR) is 83.8 cm³/mol. The maximum Gasteiger partial charge on any atom is 0.303 e. The normalized spacial score (nSPS) is 11.7. The van der Waals surface area contributed by atoms with E-state index in [0.29, 0.717) is 6.42 Å². The number of carbonyl (C=O) groups is 2. The van der Waals surface area contributed by atoms with Crippen molar-refractivity contribution in [3.05, 3.63) is 28.8 Å². The predicted octanol–water partition coefficient (Wildman–Crippen LogP) is 2.35. The highest BCUT2D eigenvalue weighted by Crippen LogP contribution is 2.26. The number of ketones is 1. The number of carboxylic acids is 1. The van der Waals surface area contributed by atoms with Crippen LogP contribution in [0.2, 0.25) is 5.02 Å². The van der Waals surface area contributed by atoms with Gasteiger partial charge in [0, 0.05) is 18.5 Å². The summed E-state index contributed by atoms with van der Waals surface area (Å²) >= 11 is 5.95. The zero-order valence-corrected chi connectivity index (χ0v) is 14.4. The summed E-state index contributed by atoms with van der Waals surface area (Å²) in [6.07, 6.45) is -0.0229. The molecule has 1 aromatic carbocycles. The van der Waals surface area contributed by atoms with Crippen LogP contribution < -0.4 is 0 Å². The van der Waals surface area contributed by atoms with Gasteiger partial charge < -0.3 is 5.11 Å². The fourth-order valence-electron chi connectivity index (χ4n) is 1.84. The standard InChI is InChI=1S/C14H18ClNO6S/c1-3-8-16(22-2)23(20,21)13-9-10(4-5-11(13)15)12(17)6-7-14(18)19/h4-5,9H,3,6-8H2,1-2H3,(H,18,19). The Balaban J connectivity index is 3.19. The highest BCUT2D eigenvalue weighted by Gasteiger charge is 2.27. The second-order valence-electron chi connectivity index (χ2n) is 4.68. The molecule has 1 aromatic rings. The topological polar surface area (TPSA) is 101 Å². The Morgan fingerprint density at radius 3 is 2.48 bits per heavy atom. The summed E-state index contributed by atoms with van der Waals surface area (Å²) in [7, 11) is -2.80. The van der Waals surface area contributed by atoms with E-state index in [-0.39, 0.29) is 34.9 Å². The van der Waals surface area contributed by atoms with Crippen LogP contribution in [0.3, 0.4) is 0 Å². The van der Waals surface area contributed by atoms with Crippen LogP contribution in [0.5, 0.6) is 0 Å². The van der Waals surface area contributed by atoms with E-state index in [2.05, 4.69) is 0 Å². The molecule has 0 aliphatic rings. The highest BCUT2D eigenvalue weighted by molar-refractivity contribution is 7.89. The minimum atomic E-state index is -4.02. The van der Waals surface area contributed by atoms with Crippen molar-refractivity contribution in [2.45, 2.75) is 31.1 Å². The molecule has 0 saturated carbocycles. The van der Waals surface area contributed by atoms with E-state index >= 15 is 0 Å². The molecular formula is C14H18ClNO6S. The number of hydrogen-bond donors (Lipinski definition) is 1. The number of hydroxylamine groups is 1. The van der Waals surface area contributed by atoms with Crippen LogP contribution in [-0.4, -0.2) is 43.4 Å². The van der Waals surface area contributed by atoms with E-state index in [1.165, 1.54) is 19.2 Å². The van der Waals surface area contributed by atoms with Gasteiger partial charge in [0.2, 0.25) is 0 Å². The third kappa shape index (κ3) is 5.00. The number of rotatable bonds is 9. The van der Waals surface area contributed by atoms with Crippen molar-refractivity contribution < 1.29 is 28.0 Å². The molecule has 9 heteroatoms. The SMILES string of the molecule is CCCN(OC)S(=O)(=O)c1cc(C(=O)CCC(=O)O)ccc1Cl. The van der Waals surface area contributed by atoms with Gasteiger partial charge in [-0.15, -0.1) is 0 Å². The molecule has 1 N–H and O–H groups in total. The average Bonchev–Trinajstić information content (AvgIpc) is 2.50. The zero-order valence-electron chi connectivity index (χ0n) is 12.8. The first kappa shape index (κ1) is 19.6. The van der Waals surface area contributed by atoms with E-state index in [0.717, 1.165) is 10.5 Å². The van der Waals surface area contributed by atoms with Crippen molar-refractivity contribution in [1.82, 2.24) is 4.47 Å². The second kappa shape index (κ2) is 8.39. The van der Waals surface area contributed by atoms with Crippen molar-refractivity contribution in [1.29, 1.82) is 0 Å². The molecule has 0 aromatic heterocycles. The Labute approximate surface area is 139 Å². The molecule has 0 atom stereocenters. The molecule has 0 saturated heterocycles. The Bertz CT molecular complexity index is 689. The fraction of sp³-hybridized carbons (Fsp3) is 0.429. The molecular weight excluding hydrogens is 346 g/mol. The Morgan fingerprint density at radius 2 is 1.96 bits per heavy atom. The highest BCUT2D eigenvalue weighted by atomic mass is 35.5. The molecule has 0 fully saturated rings. The lowest BCUT2D eigenvalue weighted by atomic mass is 10.1. The number of carboxylic acid groups (broad SMARTS) is 1. The van der Waals surface area contributed by atoms with Crippen molar-refractivity contribution in [2.24, 2.45) is 0 Å². The Morgan fingerprint density at radius 1 is 1.30 bits per heavy atom. The van der Waals surface area contributed by atoms with Gasteiger partial charge in [0.25, 0.3) is 10.0 Å². The van der Waals surface area contributed by atoms with Crippen molar-refractivity contribution in [2.75, 3.05) is 13.7 Å². The molecule has 0 bridgehead atoms. The molecule has 0 spiro atoms. The summed E-state index contributed by atoms with van der Waals surface area (Å²) < 4.78 is 25.8. The number of Topliss-reactive ketones (excluding diaryl/α,β-unsaturated/α-hetero) is 1. The van der Waals surface area contributed by atoms with Gasteiger partial charge in [-0.2, -0.15) is 0 Å². The van der Waals surface area contributed by atoms with Crippen LogP contribution in [0.15, 0.2) is 23.1 Å². The first-order chi connectivity index (χ1) is 10.7. The number of aliphatic carboxylic acids is 1. The van der Waals surface area contributed by atoms with Gasteiger partial charge in [-0.25, -0.2) is 8.42 Å². The van der Waals surface area contributed by atoms with Crippen LogP contribution in [0.4, 0.5) is 0 Å². The lowest BCUT2D eigenvalue weighted by molar-refractivity contribution is -0.136. The van der Waals surface area contributed by atoms with Crippen molar-refractivity contribution in [3.8, 4) is 0 Å². The van der Waals surface area contributed by atoms with E-state index in [1.54, 1.807) is 6.92 Å². The average molecular weight is 364 g/mol. The summed E-state index contributed by atoms with van der Waals surface area (Å²) in [5.41, 5.74) is 0.0850. The molecule has 0 amide bonds. The van der Waals surface area contributed by atoms with Crippen molar-refractivity contribution >= 4 is 33.4 Å². The third-order valence-electron chi connectivity index (χ3n) is 2.97.